The quantitative estimate of drug-likeness (QED) is 0.766. The van der Waals surface area contributed by atoms with E-state index in [1.807, 2.05) is 0 Å². The first kappa shape index (κ1) is 19.2. The minimum Gasteiger partial charge on any atom is -0.304 e. The summed E-state index contributed by atoms with van der Waals surface area (Å²) in [4.78, 5) is 10.4. The Hall–Kier alpha value is -0.160. The summed E-state index contributed by atoms with van der Waals surface area (Å²) in [5, 5.41) is 0. The molecule has 2 saturated heterocycles. The van der Waals surface area contributed by atoms with Crippen molar-refractivity contribution in [1.82, 2.24) is 19.6 Å². The second-order valence-electron chi connectivity index (χ2n) is 9.86. The van der Waals surface area contributed by atoms with Crippen molar-refractivity contribution in [1.29, 1.82) is 0 Å². The van der Waals surface area contributed by atoms with Crippen molar-refractivity contribution in [2.45, 2.75) is 34.6 Å². The van der Waals surface area contributed by atoms with Crippen molar-refractivity contribution >= 4 is 0 Å². The molecule has 136 valence electrons. The zero-order chi connectivity index (χ0) is 17.1. The normalized spacial score (nSPS) is 24.3. The third-order valence-electron chi connectivity index (χ3n) is 5.06. The average molecular weight is 325 g/mol. The molecule has 0 N–H and O–H groups in total. The summed E-state index contributed by atoms with van der Waals surface area (Å²) in [5.74, 6) is 0. The molecule has 0 aromatic carbocycles. The lowest BCUT2D eigenvalue weighted by Gasteiger charge is -2.43. The van der Waals surface area contributed by atoms with Gasteiger partial charge in [-0.3, -0.25) is 0 Å². The average Bonchev–Trinajstić information content (AvgIpc) is 2.41. The van der Waals surface area contributed by atoms with Gasteiger partial charge < -0.3 is 19.6 Å². The van der Waals surface area contributed by atoms with Gasteiger partial charge in [-0.25, -0.2) is 0 Å². The predicted molar refractivity (Wildman–Crippen MR) is 100 cm³/mol. The van der Waals surface area contributed by atoms with Gasteiger partial charge in [0.2, 0.25) is 0 Å². The van der Waals surface area contributed by atoms with Crippen LogP contribution in [0.15, 0.2) is 0 Å². The Morgan fingerprint density at radius 2 is 0.913 bits per heavy atom. The van der Waals surface area contributed by atoms with Crippen LogP contribution in [-0.4, -0.2) is 98.6 Å². The van der Waals surface area contributed by atoms with Crippen LogP contribution in [0.25, 0.3) is 0 Å². The molecule has 0 atom stereocenters. The second kappa shape index (κ2) is 7.81. The van der Waals surface area contributed by atoms with Crippen molar-refractivity contribution in [3.8, 4) is 0 Å². The molecule has 0 aromatic rings. The molecular weight excluding hydrogens is 284 g/mol. The summed E-state index contributed by atoms with van der Waals surface area (Å²) < 4.78 is 0. The van der Waals surface area contributed by atoms with E-state index in [9.17, 15) is 0 Å². The smallest absolute Gasteiger partial charge is 0.0110 e. The maximum atomic E-state index is 2.69. The highest BCUT2D eigenvalue weighted by molar-refractivity contribution is 4.83. The van der Waals surface area contributed by atoms with Gasteiger partial charge in [0.05, 0.1) is 0 Å². The van der Waals surface area contributed by atoms with Gasteiger partial charge in [0.1, 0.15) is 0 Å². The molecule has 4 heteroatoms. The molecule has 0 amide bonds. The van der Waals surface area contributed by atoms with Crippen LogP contribution in [0.4, 0.5) is 0 Å². The van der Waals surface area contributed by atoms with E-state index in [-0.39, 0.29) is 0 Å². The third kappa shape index (κ3) is 7.08. The van der Waals surface area contributed by atoms with E-state index in [0.717, 1.165) is 0 Å². The number of hydrogen-bond acceptors (Lipinski definition) is 4. The number of hydrogen-bond donors (Lipinski definition) is 0. The summed E-state index contributed by atoms with van der Waals surface area (Å²) in [6.07, 6.45) is 0. The van der Waals surface area contributed by atoms with Crippen LogP contribution < -0.4 is 0 Å². The second-order valence-corrected chi connectivity index (χ2v) is 9.86. The van der Waals surface area contributed by atoms with Crippen LogP contribution in [0.1, 0.15) is 34.6 Å². The van der Waals surface area contributed by atoms with Crippen LogP contribution in [0.5, 0.6) is 0 Å². The van der Waals surface area contributed by atoms with E-state index < -0.39 is 0 Å². The number of likely N-dealkylation sites (N-methyl/N-ethyl adjacent to an activating group) is 1. The number of piperazine rings is 2. The molecule has 4 nitrogen and oxygen atoms in total. The SMILES string of the molecule is CN1CCN(CC(C)(C)CN2CCN(CC(C)(C)C)CC2)CC1. The van der Waals surface area contributed by atoms with Crippen LogP contribution >= 0.6 is 0 Å². The van der Waals surface area contributed by atoms with Crippen LogP contribution in [-0.2, 0) is 0 Å². The van der Waals surface area contributed by atoms with E-state index in [2.05, 4.69) is 61.3 Å². The molecule has 23 heavy (non-hydrogen) atoms. The van der Waals surface area contributed by atoms with Gasteiger partial charge in [0.15, 0.2) is 0 Å². The van der Waals surface area contributed by atoms with E-state index >= 15 is 0 Å². The minimum atomic E-state index is 0.391. The summed E-state index contributed by atoms with van der Waals surface area (Å²) in [5.41, 5.74) is 0.810. The predicted octanol–water partition coefficient (Wildman–Crippen LogP) is 1.92. The van der Waals surface area contributed by atoms with Gasteiger partial charge >= 0.3 is 0 Å². The van der Waals surface area contributed by atoms with Gasteiger partial charge in [0.25, 0.3) is 0 Å². The Bertz CT molecular complexity index is 345. The molecule has 0 unspecified atom stereocenters. The zero-order valence-electron chi connectivity index (χ0n) is 16.6. The fourth-order valence-corrected chi connectivity index (χ4v) is 4.04. The maximum absolute atomic E-state index is 2.69. The minimum absolute atomic E-state index is 0.391. The van der Waals surface area contributed by atoms with Crippen molar-refractivity contribution in [2.24, 2.45) is 10.8 Å². The van der Waals surface area contributed by atoms with Gasteiger partial charge in [-0.1, -0.05) is 34.6 Å². The summed E-state index contributed by atoms with van der Waals surface area (Å²) in [7, 11) is 2.24. The number of rotatable bonds is 5. The first-order valence-corrected chi connectivity index (χ1v) is 9.49. The van der Waals surface area contributed by atoms with Crippen molar-refractivity contribution in [2.75, 3.05) is 79.0 Å². The Labute approximate surface area is 144 Å². The molecule has 2 aliphatic rings. The lowest BCUT2D eigenvalue weighted by Crippen LogP contribution is -2.53. The molecule has 2 rings (SSSR count). The van der Waals surface area contributed by atoms with E-state index in [0.29, 0.717) is 10.8 Å². The van der Waals surface area contributed by atoms with Crippen molar-refractivity contribution in [3.05, 3.63) is 0 Å². The molecule has 0 aliphatic carbocycles. The molecule has 0 radical (unpaired) electrons. The molecule has 2 aliphatic heterocycles. The van der Waals surface area contributed by atoms with Crippen molar-refractivity contribution < 1.29 is 0 Å². The Morgan fingerprint density at radius 3 is 1.30 bits per heavy atom. The van der Waals surface area contributed by atoms with Crippen molar-refractivity contribution in [3.63, 3.8) is 0 Å². The molecular formula is C19H40N4. The summed E-state index contributed by atoms with van der Waals surface area (Å²) in [6.45, 7) is 25.5. The van der Waals surface area contributed by atoms with Gasteiger partial charge in [0, 0.05) is 72.0 Å². The van der Waals surface area contributed by atoms with Gasteiger partial charge in [-0.2, -0.15) is 0 Å². The fourth-order valence-electron chi connectivity index (χ4n) is 4.04. The van der Waals surface area contributed by atoms with Crippen LogP contribution in [0.3, 0.4) is 0 Å². The highest BCUT2D eigenvalue weighted by atomic mass is 15.3. The van der Waals surface area contributed by atoms with Gasteiger partial charge in [-0.15, -0.1) is 0 Å². The lowest BCUT2D eigenvalue weighted by molar-refractivity contribution is 0.0532. The first-order chi connectivity index (χ1) is 10.6. The fraction of sp³-hybridized carbons (Fsp3) is 1.00. The lowest BCUT2D eigenvalue weighted by atomic mass is 9.91. The zero-order valence-corrected chi connectivity index (χ0v) is 16.6. The first-order valence-electron chi connectivity index (χ1n) is 9.49. The topological polar surface area (TPSA) is 13.0 Å². The molecule has 0 bridgehead atoms. The molecule has 2 fully saturated rings. The van der Waals surface area contributed by atoms with Crippen LogP contribution in [0, 0.1) is 10.8 Å². The molecule has 0 spiro atoms. The van der Waals surface area contributed by atoms with Crippen LogP contribution in [0.2, 0.25) is 0 Å². The monoisotopic (exact) mass is 324 g/mol. The van der Waals surface area contributed by atoms with E-state index in [4.69, 9.17) is 0 Å². The standard InChI is InChI=1S/C19H40N4/c1-18(2,3)15-21-11-13-23(14-12-21)17-19(4,5)16-22-9-7-20(6)8-10-22/h7-17H2,1-6H3. The third-order valence-corrected chi connectivity index (χ3v) is 5.06. The highest BCUT2D eigenvalue weighted by Gasteiger charge is 2.28. The van der Waals surface area contributed by atoms with E-state index in [1.54, 1.807) is 0 Å². The number of nitrogens with zero attached hydrogens (tertiary/aromatic N) is 4. The van der Waals surface area contributed by atoms with Gasteiger partial charge in [-0.05, 0) is 17.9 Å². The maximum Gasteiger partial charge on any atom is 0.0110 e. The highest BCUT2D eigenvalue weighted by Crippen LogP contribution is 2.22. The Morgan fingerprint density at radius 1 is 0.565 bits per heavy atom. The molecule has 2 heterocycles. The Kier molecular flexibility index (Phi) is 6.51. The summed E-state index contributed by atoms with van der Waals surface area (Å²) in [6, 6.07) is 0. The van der Waals surface area contributed by atoms with E-state index in [1.165, 1.54) is 72.0 Å². The largest absolute Gasteiger partial charge is 0.304 e. The molecule has 0 aromatic heterocycles. The molecule has 0 saturated carbocycles. The summed E-state index contributed by atoms with van der Waals surface area (Å²) >= 11 is 0. The Balaban J connectivity index is 1.72.